The van der Waals surface area contributed by atoms with Gasteiger partial charge in [-0.15, -0.1) is 0 Å². The Labute approximate surface area is 213 Å². The van der Waals surface area contributed by atoms with Crippen molar-refractivity contribution in [2.45, 2.75) is 38.7 Å². The fraction of sp³-hybridized carbons (Fsp3) is 0.231. The summed E-state index contributed by atoms with van der Waals surface area (Å²) in [5.41, 5.74) is 2.07. The van der Waals surface area contributed by atoms with Crippen LogP contribution in [0.25, 0.3) is 16.9 Å². The summed E-state index contributed by atoms with van der Waals surface area (Å²) in [6.45, 7) is 0.745. The van der Waals surface area contributed by atoms with Crippen molar-refractivity contribution < 1.29 is 23.1 Å². The summed E-state index contributed by atoms with van der Waals surface area (Å²) in [6.07, 6.45) is 4.83. The van der Waals surface area contributed by atoms with Crippen molar-refractivity contribution >= 4 is 17.6 Å². The molecular weight excluding hydrogens is 509 g/mol. The first-order valence-electron chi connectivity index (χ1n) is 11.3. The molecule has 0 unspecified atom stereocenters. The van der Waals surface area contributed by atoms with Crippen LogP contribution in [0.1, 0.15) is 57.5 Å². The molecule has 1 N–H and O–H groups in total. The Morgan fingerprint density at radius 2 is 1.95 bits per heavy atom. The predicted octanol–water partition coefficient (Wildman–Crippen LogP) is 5.87. The topological polar surface area (TPSA) is 90.0 Å². The Hall–Kier alpha value is -3.92. The molecule has 3 heterocycles. The number of aromatic carboxylic acids is 1. The molecule has 0 aliphatic heterocycles. The SMILES string of the molecule is Cc1cnc(-c2cccc(C(=O)O)c2F)cc1-n1c(C)cc([C@H]2C[C@@H]2c2cnn(C(F)F)c2)c(Cl)c1=O. The summed E-state index contributed by atoms with van der Waals surface area (Å²) >= 11 is 6.54. The van der Waals surface area contributed by atoms with E-state index in [9.17, 15) is 27.9 Å². The van der Waals surface area contributed by atoms with Gasteiger partial charge in [-0.05, 0) is 73.1 Å². The highest BCUT2D eigenvalue weighted by atomic mass is 35.5. The van der Waals surface area contributed by atoms with Gasteiger partial charge in [0.1, 0.15) is 10.8 Å². The fourth-order valence-corrected chi connectivity index (χ4v) is 4.94. The number of hydrogen-bond donors (Lipinski definition) is 1. The lowest BCUT2D eigenvalue weighted by Gasteiger charge is -2.17. The van der Waals surface area contributed by atoms with Crippen molar-refractivity contribution in [3.05, 3.63) is 98.1 Å². The van der Waals surface area contributed by atoms with E-state index >= 15 is 0 Å². The van der Waals surface area contributed by atoms with E-state index in [2.05, 4.69) is 10.1 Å². The molecule has 0 amide bonds. The molecule has 0 spiro atoms. The average molecular weight is 529 g/mol. The van der Waals surface area contributed by atoms with E-state index in [4.69, 9.17) is 11.6 Å². The molecule has 5 rings (SSSR count). The first-order valence-corrected chi connectivity index (χ1v) is 11.7. The molecule has 0 bridgehead atoms. The minimum atomic E-state index is -2.73. The van der Waals surface area contributed by atoms with Crippen molar-refractivity contribution in [2.75, 3.05) is 0 Å². The number of pyridine rings is 2. The summed E-state index contributed by atoms with van der Waals surface area (Å²) in [7, 11) is 0. The second kappa shape index (κ2) is 9.19. The van der Waals surface area contributed by atoms with E-state index in [0.717, 1.165) is 6.07 Å². The molecule has 3 aromatic heterocycles. The van der Waals surface area contributed by atoms with Crippen LogP contribution >= 0.6 is 11.6 Å². The van der Waals surface area contributed by atoms with Crippen molar-refractivity contribution in [3.63, 3.8) is 0 Å². The van der Waals surface area contributed by atoms with Crippen molar-refractivity contribution in [1.29, 1.82) is 0 Å². The molecule has 190 valence electrons. The van der Waals surface area contributed by atoms with Crippen LogP contribution in [0, 0.1) is 19.7 Å². The van der Waals surface area contributed by atoms with Gasteiger partial charge in [-0.25, -0.2) is 13.9 Å². The Morgan fingerprint density at radius 3 is 2.62 bits per heavy atom. The maximum atomic E-state index is 14.9. The zero-order valence-electron chi connectivity index (χ0n) is 19.6. The summed E-state index contributed by atoms with van der Waals surface area (Å²) in [5, 5.41) is 12.9. The molecule has 0 radical (unpaired) electrons. The van der Waals surface area contributed by atoms with Gasteiger partial charge in [0.2, 0.25) is 0 Å². The van der Waals surface area contributed by atoms with Crippen LogP contribution in [0.2, 0.25) is 5.02 Å². The fourth-order valence-electron chi connectivity index (χ4n) is 4.66. The standard InChI is InChI=1S/C26H20ClF3N4O3/c1-12-9-31-20(15-4-3-5-16(23(15)28)25(36)37)8-21(12)34-13(2)6-19(22(27)24(34)35)18-7-17(18)14-10-32-33(11-14)26(29)30/h3-6,8-11,17-18,26H,7H2,1-2H3,(H,36,37)/t17-,18+/m1/s1. The quantitative estimate of drug-likeness (QED) is 0.338. The van der Waals surface area contributed by atoms with Crippen LogP contribution in [0.4, 0.5) is 13.2 Å². The van der Waals surface area contributed by atoms with E-state index in [1.165, 1.54) is 41.4 Å². The Morgan fingerprint density at radius 1 is 1.19 bits per heavy atom. The first-order chi connectivity index (χ1) is 17.6. The average Bonchev–Trinajstić information content (AvgIpc) is 3.48. The first kappa shape index (κ1) is 24.8. The number of carboxylic acid groups (broad SMARTS) is 1. The number of alkyl halides is 2. The molecule has 1 aromatic carbocycles. The lowest BCUT2D eigenvalue weighted by molar-refractivity contribution is 0.0565. The van der Waals surface area contributed by atoms with Gasteiger partial charge < -0.3 is 5.11 Å². The third-order valence-corrected chi connectivity index (χ3v) is 7.00. The van der Waals surface area contributed by atoms with Gasteiger partial charge in [0.05, 0.1) is 23.1 Å². The molecule has 1 saturated carbocycles. The van der Waals surface area contributed by atoms with E-state index in [-0.39, 0.29) is 28.1 Å². The van der Waals surface area contributed by atoms with E-state index in [1.807, 2.05) is 0 Å². The van der Waals surface area contributed by atoms with Crippen LogP contribution in [-0.4, -0.2) is 30.4 Å². The maximum absolute atomic E-state index is 14.9. The number of hydrogen-bond acceptors (Lipinski definition) is 4. The summed E-state index contributed by atoms with van der Waals surface area (Å²) in [6, 6.07) is 7.30. The number of carboxylic acids is 1. The lowest BCUT2D eigenvalue weighted by atomic mass is 10.0. The number of carbonyl (C=O) groups is 1. The van der Waals surface area contributed by atoms with Gasteiger partial charge in [0.15, 0.2) is 0 Å². The Bertz CT molecular complexity index is 1620. The summed E-state index contributed by atoms with van der Waals surface area (Å²) < 4.78 is 42.7. The number of nitrogens with zero attached hydrogens (tertiary/aromatic N) is 4. The molecule has 1 fully saturated rings. The number of rotatable bonds is 6. The molecule has 4 aromatic rings. The Kier molecular flexibility index (Phi) is 6.15. The van der Waals surface area contributed by atoms with E-state index < -0.39 is 29.5 Å². The van der Waals surface area contributed by atoms with Crippen LogP contribution < -0.4 is 5.56 Å². The van der Waals surface area contributed by atoms with Crippen LogP contribution in [0.15, 0.2) is 53.7 Å². The molecule has 1 aliphatic rings. The zero-order chi connectivity index (χ0) is 26.6. The van der Waals surface area contributed by atoms with Crippen LogP contribution in [0.5, 0.6) is 0 Å². The minimum Gasteiger partial charge on any atom is -0.478 e. The van der Waals surface area contributed by atoms with Crippen LogP contribution in [0.3, 0.4) is 0 Å². The van der Waals surface area contributed by atoms with Crippen LogP contribution in [-0.2, 0) is 0 Å². The zero-order valence-corrected chi connectivity index (χ0v) is 20.4. The van der Waals surface area contributed by atoms with E-state index in [1.54, 1.807) is 19.9 Å². The van der Waals surface area contributed by atoms with Gasteiger partial charge in [-0.2, -0.15) is 13.9 Å². The minimum absolute atomic E-state index is 0.0103. The third kappa shape index (κ3) is 4.31. The Balaban J connectivity index is 1.54. The normalized spacial score (nSPS) is 16.8. The molecule has 1 aliphatic carbocycles. The molecule has 11 heteroatoms. The maximum Gasteiger partial charge on any atom is 0.338 e. The monoisotopic (exact) mass is 528 g/mol. The van der Waals surface area contributed by atoms with Crippen molar-refractivity contribution in [2.24, 2.45) is 0 Å². The molecule has 0 saturated heterocycles. The van der Waals surface area contributed by atoms with Gasteiger partial charge >= 0.3 is 12.5 Å². The number of aromatic nitrogens is 4. The van der Waals surface area contributed by atoms with E-state index in [0.29, 0.717) is 39.2 Å². The largest absolute Gasteiger partial charge is 0.478 e. The van der Waals surface area contributed by atoms with Gasteiger partial charge in [0.25, 0.3) is 5.56 Å². The molecule has 2 atom stereocenters. The highest BCUT2D eigenvalue weighted by Gasteiger charge is 2.42. The van der Waals surface area contributed by atoms with Gasteiger partial charge in [-0.1, -0.05) is 17.7 Å². The molecule has 37 heavy (non-hydrogen) atoms. The van der Waals surface area contributed by atoms with Gasteiger partial charge in [-0.3, -0.25) is 14.3 Å². The molecular formula is C26H20ClF3N4O3. The number of halogens is 4. The lowest BCUT2D eigenvalue weighted by Crippen LogP contribution is -2.23. The summed E-state index contributed by atoms with van der Waals surface area (Å²) in [4.78, 5) is 29.0. The number of aryl methyl sites for hydroxylation is 2. The smallest absolute Gasteiger partial charge is 0.338 e. The summed E-state index contributed by atoms with van der Waals surface area (Å²) in [5.74, 6) is -2.50. The second-order valence-electron chi connectivity index (χ2n) is 9.00. The second-order valence-corrected chi connectivity index (χ2v) is 9.38. The third-order valence-electron chi connectivity index (χ3n) is 6.62. The highest BCUT2D eigenvalue weighted by molar-refractivity contribution is 6.31. The molecule has 7 nitrogen and oxygen atoms in total. The van der Waals surface area contributed by atoms with Crippen molar-refractivity contribution in [1.82, 2.24) is 19.3 Å². The number of benzene rings is 1. The van der Waals surface area contributed by atoms with Crippen molar-refractivity contribution in [3.8, 4) is 16.9 Å². The highest BCUT2D eigenvalue weighted by Crippen LogP contribution is 2.55. The predicted molar refractivity (Wildman–Crippen MR) is 130 cm³/mol. The van der Waals surface area contributed by atoms with Gasteiger partial charge in [0, 0.05) is 23.7 Å².